The second-order valence-electron chi connectivity index (χ2n) is 7.23. The standard InChI is InChI=1S/C24H25ClN2O3S2/c1-18-7-13-22(14-8-18)32(29,30)27(2)21-11-9-19(10-12-21)24(28)26-15-16-31-17-20-5-3-4-6-23(20)25/h3-14H,15-17H2,1-2H3,(H,26,28). The number of hydrogen-bond acceptors (Lipinski definition) is 4. The van der Waals surface area contributed by atoms with Crippen LogP contribution in [0.1, 0.15) is 21.5 Å². The van der Waals surface area contributed by atoms with Crippen LogP contribution in [0, 0.1) is 6.92 Å². The SMILES string of the molecule is Cc1ccc(S(=O)(=O)N(C)c2ccc(C(=O)NCCSCc3ccccc3Cl)cc2)cc1. The molecule has 1 N–H and O–H groups in total. The third kappa shape index (κ3) is 6.06. The zero-order valence-corrected chi connectivity index (χ0v) is 20.3. The molecule has 3 aromatic carbocycles. The van der Waals surface area contributed by atoms with Gasteiger partial charge in [-0.1, -0.05) is 47.5 Å². The summed E-state index contributed by atoms with van der Waals surface area (Å²) in [4.78, 5) is 12.6. The fourth-order valence-corrected chi connectivity index (χ4v) is 5.31. The van der Waals surface area contributed by atoms with Gasteiger partial charge in [-0.2, -0.15) is 11.8 Å². The van der Waals surface area contributed by atoms with Crippen molar-refractivity contribution >= 4 is 45.0 Å². The van der Waals surface area contributed by atoms with Crippen molar-refractivity contribution in [2.75, 3.05) is 23.7 Å². The molecule has 168 valence electrons. The molecule has 0 atom stereocenters. The van der Waals surface area contributed by atoms with E-state index in [0.717, 1.165) is 27.7 Å². The fourth-order valence-electron chi connectivity index (χ4n) is 2.97. The van der Waals surface area contributed by atoms with Crippen LogP contribution in [-0.4, -0.2) is 33.7 Å². The van der Waals surface area contributed by atoms with Gasteiger partial charge in [-0.3, -0.25) is 9.10 Å². The molecule has 0 fully saturated rings. The lowest BCUT2D eigenvalue weighted by Gasteiger charge is -2.20. The smallest absolute Gasteiger partial charge is 0.264 e. The third-order valence-corrected chi connectivity index (χ3v) is 8.10. The van der Waals surface area contributed by atoms with Crippen molar-refractivity contribution in [3.8, 4) is 0 Å². The Hall–Kier alpha value is -2.48. The second-order valence-corrected chi connectivity index (χ2v) is 10.7. The fraction of sp³-hybridized carbons (Fsp3) is 0.208. The van der Waals surface area contributed by atoms with Crippen LogP contribution in [0.3, 0.4) is 0 Å². The topological polar surface area (TPSA) is 66.5 Å². The maximum Gasteiger partial charge on any atom is 0.264 e. The normalized spacial score (nSPS) is 11.2. The summed E-state index contributed by atoms with van der Waals surface area (Å²) < 4.78 is 26.9. The van der Waals surface area contributed by atoms with Gasteiger partial charge in [0.25, 0.3) is 15.9 Å². The summed E-state index contributed by atoms with van der Waals surface area (Å²) in [5.74, 6) is 1.34. The van der Waals surface area contributed by atoms with Crippen molar-refractivity contribution < 1.29 is 13.2 Å². The van der Waals surface area contributed by atoms with E-state index in [1.807, 2.05) is 31.2 Å². The number of carbonyl (C=O) groups is 1. The molecule has 0 aliphatic heterocycles. The first-order valence-corrected chi connectivity index (χ1v) is 13.0. The lowest BCUT2D eigenvalue weighted by atomic mass is 10.2. The summed E-state index contributed by atoms with van der Waals surface area (Å²) in [5, 5.41) is 3.63. The van der Waals surface area contributed by atoms with Gasteiger partial charge in [0, 0.05) is 35.7 Å². The molecular formula is C24H25ClN2O3S2. The summed E-state index contributed by atoms with van der Waals surface area (Å²) in [6, 6.07) is 20.9. The molecule has 3 aromatic rings. The zero-order chi connectivity index (χ0) is 23.1. The lowest BCUT2D eigenvalue weighted by Crippen LogP contribution is -2.27. The number of aryl methyl sites for hydroxylation is 1. The van der Waals surface area contributed by atoms with Crippen molar-refractivity contribution in [3.05, 3.63) is 94.5 Å². The summed E-state index contributed by atoms with van der Waals surface area (Å²) in [6.07, 6.45) is 0. The number of rotatable bonds is 9. The van der Waals surface area contributed by atoms with Gasteiger partial charge in [-0.15, -0.1) is 0 Å². The van der Waals surface area contributed by atoms with Crippen molar-refractivity contribution in [3.63, 3.8) is 0 Å². The molecule has 0 radical (unpaired) electrons. The first-order valence-electron chi connectivity index (χ1n) is 10.0. The number of hydrogen-bond donors (Lipinski definition) is 1. The minimum atomic E-state index is -3.67. The maximum atomic E-state index is 12.8. The Bertz CT molecular complexity index is 1160. The predicted molar refractivity (Wildman–Crippen MR) is 133 cm³/mol. The van der Waals surface area contributed by atoms with Gasteiger partial charge in [0.2, 0.25) is 0 Å². The van der Waals surface area contributed by atoms with Crippen LogP contribution < -0.4 is 9.62 Å². The molecule has 0 saturated carbocycles. The van der Waals surface area contributed by atoms with E-state index in [1.54, 1.807) is 60.3 Å². The van der Waals surface area contributed by atoms with E-state index < -0.39 is 10.0 Å². The molecule has 0 spiro atoms. The van der Waals surface area contributed by atoms with Crippen molar-refractivity contribution in [2.45, 2.75) is 17.6 Å². The number of nitrogens with zero attached hydrogens (tertiary/aromatic N) is 1. The zero-order valence-electron chi connectivity index (χ0n) is 17.9. The van der Waals surface area contributed by atoms with E-state index in [1.165, 1.54) is 11.4 Å². The van der Waals surface area contributed by atoms with Crippen LogP contribution >= 0.6 is 23.4 Å². The Kier molecular flexibility index (Phi) is 8.23. The predicted octanol–water partition coefficient (Wildman–Crippen LogP) is 5.14. The highest BCUT2D eigenvalue weighted by atomic mass is 35.5. The Balaban J connectivity index is 1.52. The van der Waals surface area contributed by atoms with Crippen molar-refractivity contribution in [1.82, 2.24) is 5.32 Å². The van der Waals surface area contributed by atoms with Crippen LogP contribution in [0.15, 0.2) is 77.7 Å². The largest absolute Gasteiger partial charge is 0.351 e. The number of thioether (sulfide) groups is 1. The molecule has 0 aliphatic carbocycles. The quantitative estimate of drug-likeness (QED) is 0.424. The Labute approximate surface area is 198 Å². The monoisotopic (exact) mass is 488 g/mol. The van der Waals surface area contributed by atoms with Crippen LogP contribution in [0.25, 0.3) is 0 Å². The first kappa shape index (κ1) is 24.2. The Morgan fingerprint density at radius 1 is 1.00 bits per heavy atom. The van der Waals surface area contributed by atoms with E-state index >= 15 is 0 Å². The number of amides is 1. The van der Waals surface area contributed by atoms with Crippen LogP contribution in [0.5, 0.6) is 0 Å². The number of anilines is 1. The van der Waals surface area contributed by atoms with E-state index in [4.69, 9.17) is 11.6 Å². The third-order valence-electron chi connectivity index (χ3n) is 4.92. The summed E-state index contributed by atoms with van der Waals surface area (Å²) in [6.45, 7) is 2.43. The van der Waals surface area contributed by atoms with Crippen LogP contribution in [0.2, 0.25) is 5.02 Å². The highest BCUT2D eigenvalue weighted by Crippen LogP contribution is 2.23. The molecule has 0 bridgehead atoms. The van der Waals surface area contributed by atoms with E-state index in [2.05, 4.69) is 5.32 Å². The summed E-state index contributed by atoms with van der Waals surface area (Å²) >= 11 is 7.84. The molecule has 5 nitrogen and oxygen atoms in total. The molecule has 32 heavy (non-hydrogen) atoms. The van der Waals surface area contributed by atoms with Gasteiger partial charge in [0.15, 0.2) is 0 Å². The molecule has 3 rings (SSSR count). The molecule has 0 unspecified atom stereocenters. The number of sulfonamides is 1. The Morgan fingerprint density at radius 3 is 2.31 bits per heavy atom. The van der Waals surface area contributed by atoms with Gasteiger partial charge < -0.3 is 5.32 Å². The minimum Gasteiger partial charge on any atom is -0.351 e. The first-order chi connectivity index (χ1) is 15.3. The van der Waals surface area contributed by atoms with Gasteiger partial charge >= 0.3 is 0 Å². The number of benzene rings is 3. The van der Waals surface area contributed by atoms with Crippen molar-refractivity contribution in [1.29, 1.82) is 0 Å². The van der Waals surface area contributed by atoms with E-state index in [0.29, 0.717) is 17.8 Å². The Morgan fingerprint density at radius 2 is 1.66 bits per heavy atom. The lowest BCUT2D eigenvalue weighted by molar-refractivity contribution is 0.0956. The molecule has 0 heterocycles. The molecule has 0 aromatic heterocycles. The number of halogens is 1. The summed E-state index contributed by atoms with van der Waals surface area (Å²) in [7, 11) is -2.17. The van der Waals surface area contributed by atoms with Crippen LogP contribution in [-0.2, 0) is 15.8 Å². The molecular weight excluding hydrogens is 464 g/mol. The minimum absolute atomic E-state index is 0.195. The highest BCUT2D eigenvalue weighted by molar-refractivity contribution is 7.98. The molecule has 1 amide bonds. The maximum absolute atomic E-state index is 12.8. The number of carbonyl (C=O) groups excluding carboxylic acids is 1. The number of nitrogens with one attached hydrogen (secondary N) is 1. The van der Waals surface area contributed by atoms with Gasteiger partial charge in [-0.05, 0) is 55.0 Å². The van der Waals surface area contributed by atoms with Gasteiger partial charge in [0.1, 0.15) is 0 Å². The average Bonchev–Trinajstić information content (AvgIpc) is 2.79. The average molecular weight is 489 g/mol. The van der Waals surface area contributed by atoms with E-state index in [-0.39, 0.29) is 10.8 Å². The van der Waals surface area contributed by atoms with Crippen LogP contribution in [0.4, 0.5) is 5.69 Å². The van der Waals surface area contributed by atoms with E-state index in [9.17, 15) is 13.2 Å². The molecule has 0 aliphatic rings. The molecule has 0 saturated heterocycles. The van der Waals surface area contributed by atoms with Gasteiger partial charge in [-0.25, -0.2) is 8.42 Å². The van der Waals surface area contributed by atoms with Gasteiger partial charge in [0.05, 0.1) is 10.6 Å². The second kappa shape index (κ2) is 10.9. The highest BCUT2D eigenvalue weighted by Gasteiger charge is 2.21. The summed E-state index contributed by atoms with van der Waals surface area (Å²) in [5.41, 5.74) is 3.03. The molecule has 8 heteroatoms. The van der Waals surface area contributed by atoms with Crippen molar-refractivity contribution in [2.24, 2.45) is 0 Å².